The molecule has 110 valence electrons. The van der Waals surface area contributed by atoms with Gasteiger partial charge in [-0.05, 0) is 35.7 Å². The highest BCUT2D eigenvalue weighted by atomic mass is 19.4. The lowest BCUT2D eigenvalue weighted by Crippen LogP contribution is -2.16. The third kappa shape index (κ3) is 2.95. The molecule has 0 radical (unpaired) electrons. The number of rotatable bonds is 1. The Morgan fingerprint density at radius 2 is 1.71 bits per heavy atom. The molecule has 2 aromatic carbocycles. The van der Waals surface area contributed by atoms with Gasteiger partial charge in [-0.2, -0.15) is 13.2 Å². The molecular formula is C17H15F3O. The summed E-state index contributed by atoms with van der Waals surface area (Å²) in [5, 5.41) is 0. The SMILES string of the molecule is Cc1ccc2c(c1)COC(c1ccc(C(F)(F)F)cc1)C2. The van der Waals surface area contributed by atoms with Crippen molar-refractivity contribution in [3.05, 3.63) is 70.3 Å². The number of hydrogen-bond donors (Lipinski definition) is 0. The molecule has 0 aromatic heterocycles. The number of hydrogen-bond acceptors (Lipinski definition) is 1. The van der Waals surface area contributed by atoms with Crippen LogP contribution in [0.3, 0.4) is 0 Å². The summed E-state index contributed by atoms with van der Waals surface area (Å²) in [6.07, 6.45) is -3.78. The second-order valence-electron chi connectivity index (χ2n) is 5.40. The van der Waals surface area contributed by atoms with Crippen LogP contribution in [0.25, 0.3) is 0 Å². The van der Waals surface area contributed by atoms with Crippen molar-refractivity contribution in [2.75, 3.05) is 0 Å². The van der Waals surface area contributed by atoms with E-state index < -0.39 is 11.7 Å². The monoisotopic (exact) mass is 292 g/mol. The first-order valence-electron chi connectivity index (χ1n) is 6.80. The van der Waals surface area contributed by atoms with Crippen LogP contribution >= 0.6 is 0 Å². The van der Waals surface area contributed by atoms with E-state index in [-0.39, 0.29) is 6.10 Å². The van der Waals surface area contributed by atoms with Crippen molar-refractivity contribution in [3.63, 3.8) is 0 Å². The quantitative estimate of drug-likeness (QED) is 0.731. The van der Waals surface area contributed by atoms with Crippen LogP contribution in [-0.4, -0.2) is 0 Å². The maximum atomic E-state index is 12.6. The maximum absolute atomic E-state index is 12.6. The highest BCUT2D eigenvalue weighted by molar-refractivity contribution is 5.35. The number of alkyl halides is 3. The lowest BCUT2D eigenvalue weighted by Gasteiger charge is -2.26. The minimum Gasteiger partial charge on any atom is -0.368 e. The summed E-state index contributed by atoms with van der Waals surface area (Å²) in [5.74, 6) is 0. The van der Waals surface area contributed by atoms with Crippen LogP contribution in [0.4, 0.5) is 13.2 Å². The van der Waals surface area contributed by atoms with Gasteiger partial charge in [-0.25, -0.2) is 0 Å². The fourth-order valence-corrected chi connectivity index (χ4v) is 2.64. The molecule has 2 aromatic rings. The van der Waals surface area contributed by atoms with Crippen LogP contribution in [0.2, 0.25) is 0 Å². The Labute approximate surface area is 121 Å². The zero-order valence-corrected chi connectivity index (χ0v) is 11.6. The van der Waals surface area contributed by atoms with E-state index >= 15 is 0 Å². The van der Waals surface area contributed by atoms with Gasteiger partial charge in [-0.1, -0.05) is 35.9 Å². The normalized spacial score (nSPS) is 18.4. The topological polar surface area (TPSA) is 9.23 Å². The van der Waals surface area contributed by atoms with Crippen molar-refractivity contribution in [1.82, 2.24) is 0 Å². The molecule has 4 heteroatoms. The van der Waals surface area contributed by atoms with E-state index in [4.69, 9.17) is 4.74 Å². The first-order valence-corrected chi connectivity index (χ1v) is 6.80. The molecule has 1 nitrogen and oxygen atoms in total. The molecule has 3 rings (SSSR count). The molecule has 1 heterocycles. The Bertz CT molecular complexity index is 644. The maximum Gasteiger partial charge on any atom is 0.416 e. The molecule has 0 amide bonds. The second-order valence-corrected chi connectivity index (χ2v) is 5.40. The van der Waals surface area contributed by atoms with Gasteiger partial charge >= 0.3 is 6.18 Å². The van der Waals surface area contributed by atoms with E-state index in [0.717, 1.165) is 23.3 Å². The van der Waals surface area contributed by atoms with Gasteiger partial charge in [-0.3, -0.25) is 0 Å². The molecular weight excluding hydrogens is 277 g/mol. The van der Waals surface area contributed by atoms with E-state index in [9.17, 15) is 13.2 Å². The summed E-state index contributed by atoms with van der Waals surface area (Å²) in [7, 11) is 0. The summed E-state index contributed by atoms with van der Waals surface area (Å²) in [6, 6.07) is 11.5. The van der Waals surface area contributed by atoms with Gasteiger partial charge in [0.05, 0.1) is 18.3 Å². The summed E-state index contributed by atoms with van der Waals surface area (Å²) >= 11 is 0. The summed E-state index contributed by atoms with van der Waals surface area (Å²) in [4.78, 5) is 0. The molecule has 0 saturated heterocycles. The molecule has 0 N–H and O–H groups in total. The molecule has 0 aliphatic carbocycles. The predicted molar refractivity (Wildman–Crippen MR) is 73.9 cm³/mol. The summed E-state index contributed by atoms with van der Waals surface area (Å²) < 4.78 is 43.5. The average molecular weight is 292 g/mol. The molecule has 1 unspecified atom stereocenters. The van der Waals surface area contributed by atoms with Crippen LogP contribution in [-0.2, 0) is 23.9 Å². The van der Waals surface area contributed by atoms with Crippen LogP contribution in [0, 0.1) is 6.92 Å². The standard InChI is InChI=1S/C17H15F3O/c1-11-2-3-13-9-16(21-10-14(13)8-11)12-4-6-15(7-5-12)17(18,19)20/h2-8,16H,9-10H2,1H3. The molecule has 0 spiro atoms. The van der Waals surface area contributed by atoms with Crippen LogP contribution in [0.15, 0.2) is 42.5 Å². The van der Waals surface area contributed by atoms with E-state index in [1.54, 1.807) is 0 Å². The molecule has 0 fully saturated rings. The second kappa shape index (κ2) is 5.19. The molecule has 21 heavy (non-hydrogen) atoms. The van der Waals surface area contributed by atoms with Crippen molar-refractivity contribution in [2.24, 2.45) is 0 Å². The zero-order valence-electron chi connectivity index (χ0n) is 11.6. The third-order valence-corrected chi connectivity index (χ3v) is 3.82. The van der Waals surface area contributed by atoms with Crippen molar-refractivity contribution < 1.29 is 17.9 Å². The van der Waals surface area contributed by atoms with Gasteiger partial charge in [0.15, 0.2) is 0 Å². The van der Waals surface area contributed by atoms with E-state index in [2.05, 4.69) is 12.1 Å². The number of benzene rings is 2. The van der Waals surface area contributed by atoms with Crippen LogP contribution < -0.4 is 0 Å². The fourth-order valence-electron chi connectivity index (χ4n) is 2.64. The van der Waals surface area contributed by atoms with Crippen LogP contribution in [0.5, 0.6) is 0 Å². The minimum atomic E-state index is -4.30. The number of halogens is 3. The molecule has 1 aliphatic rings. The Morgan fingerprint density at radius 3 is 2.38 bits per heavy atom. The van der Waals surface area contributed by atoms with Crippen molar-refractivity contribution >= 4 is 0 Å². The minimum absolute atomic E-state index is 0.178. The van der Waals surface area contributed by atoms with Crippen molar-refractivity contribution in [2.45, 2.75) is 32.2 Å². The number of ether oxygens (including phenoxy) is 1. The van der Waals surface area contributed by atoms with E-state index in [1.807, 2.05) is 13.0 Å². The largest absolute Gasteiger partial charge is 0.416 e. The average Bonchev–Trinajstić information content (AvgIpc) is 2.46. The first-order chi connectivity index (χ1) is 9.93. The number of aryl methyl sites for hydroxylation is 1. The van der Waals surface area contributed by atoms with Gasteiger partial charge in [0, 0.05) is 6.42 Å². The Kier molecular flexibility index (Phi) is 3.49. The molecule has 0 saturated carbocycles. The van der Waals surface area contributed by atoms with Crippen molar-refractivity contribution in [3.8, 4) is 0 Å². The summed E-state index contributed by atoms with van der Waals surface area (Å²) in [6.45, 7) is 2.53. The van der Waals surface area contributed by atoms with E-state index in [1.165, 1.54) is 23.3 Å². The summed E-state index contributed by atoms with van der Waals surface area (Å²) in [5.41, 5.74) is 3.72. The van der Waals surface area contributed by atoms with Gasteiger partial charge in [0.25, 0.3) is 0 Å². The molecule has 1 atom stereocenters. The highest BCUT2D eigenvalue weighted by Crippen LogP contribution is 2.33. The van der Waals surface area contributed by atoms with E-state index in [0.29, 0.717) is 13.0 Å². The Morgan fingerprint density at radius 1 is 1.00 bits per heavy atom. The van der Waals surface area contributed by atoms with Gasteiger partial charge < -0.3 is 4.74 Å². The molecule has 1 aliphatic heterocycles. The van der Waals surface area contributed by atoms with Crippen molar-refractivity contribution in [1.29, 1.82) is 0 Å². The van der Waals surface area contributed by atoms with Gasteiger partial charge in [0.1, 0.15) is 0 Å². The zero-order chi connectivity index (χ0) is 15.0. The first kappa shape index (κ1) is 14.1. The third-order valence-electron chi connectivity index (χ3n) is 3.82. The van der Waals surface area contributed by atoms with Crippen LogP contribution in [0.1, 0.15) is 33.9 Å². The highest BCUT2D eigenvalue weighted by Gasteiger charge is 2.30. The number of fused-ring (bicyclic) bond motifs is 1. The van der Waals surface area contributed by atoms with Gasteiger partial charge in [0.2, 0.25) is 0 Å². The smallest absolute Gasteiger partial charge is 0.368 e. The predicted octanol–water partition coefficient (Wildman–Crippen LogP) is 4.83. The molecule has 0 bridgehead atoms. The lowest BCUT2D eigenvalue weighted by atomic mass is 9.93. The lowest BCUT2D eigenvalue weighted by molar-refractivity contribution is -0.137. The Hall–Kier alpha value is -1.81. The Balaban J connectivity index is 1.81. The fraction of sp³-hybridized carbons (Fsp3) is 0.294. The van der Waals surface area contributed by atoms with Gasteiger partial charge in [-0.15, -0.1) is 0 Å².